The van der Waals surface area contributed by atoms with Crippen LogP contribution in [0.2, 0.25) is 0 Å². The van der Waals surface area contributed by atoms with Crippen molar-refractivity contribution < 1.29 is 4.42 Å². The summed E-state index contributed by atoms with van der Waals surface area (Å²) in [6, 6.07) is 14.6. The molecule has 0 fully saturated rings. The molecule has 0 saturated heterocycles. The molecule has 2 heterocycles. The average Bonchev–Trinajstić information content (AvgIpc) is 3.41. The quantitative estimate of drug-likeness (QED) is 0.553. The lowest BCUT2D eigenvalue weighted by Crippen LogP contribution is -2.07. The lowest BCUT2D eigenvalue weighted by Gasteiger charge is -2.16. The first-order valence-electron chi connectivity index (χ1n) is 8.90. The highest BCUT2D eigenvalue weighted by Crippen LogP contribution is 2.42. The Morgan fingerprint density at radius 2 is 2.15 bits per heavy atom. The van der Waals surface area contributed by atoms with Crippen LogP contribution in [-0.4, -0.2) is 15.2 Å². The van der Waals surface area contributed by atoms with Crippen molar-refractivity contribution in [2.75, 3.05) is 5.32 Å². The first-order chi connectivity index (χ1) is 13.2. The average molecular weight is 355 g/mol. The van der Waals surface area contributed by atoms with Gasteiger partial charge in [-0.15, -0.1) is 0 Å². The highest BCUT2D eigenvalue weighted by molar-refractivity contribution is 5.93. The lowest BCUT2D eigenvalue weighted by molar-refractivity contribution is 0.570. The second-order valence-electron chi connectivity index (χ2n) is 6.99. The molecular formula is C21H17N5O. The van der Waals surface area contributed by atoms with Gasteiger partial charge in [-0.3, -0.25) is 5.10 Å². The van der Waals surface area contributed by atoms with Crippen molar-refractivity contribution in [2.45, 2.75) is 25.3 Å². The van der Waals surface area contributed by atoms with E-state index in [1.807, 2.05) is 18.2 Å². The molecule has 2 aromatic carbocycles. The largest absolute Gasteiger partial charge is 0.442 e. The molecule has 1 aliphatic rings. The zero-order chi connectivity index (χ0) is 18.4. The Morgan fingerprint density at radius 1 is 1.22 bits per heavy atom. The first kappa shape index (κ1) is 15.6. The second kappa shape index (κ2) is 5.99. The molecule has 6 nitrogen and oxygen atoms in total. The number of rotatable bonds is 3. The van der Waals surface area contributed by atoms with Crippen molar-refractivity contribution in [3.63, 3.8) is 0 Å². The summed E-state index contributed by atoms with van der Waals surface area (Å²) in [6.45, 7) is 2.21. The maximum absolute atomic E-state index is 9.15. The molecule has 0 radical (unpaired) electrons. The van der Waals surface area contributed by atoms with Crippen LogP contribution in [0.25, 0.3) is 22.4 Å². The summed E-state index contributed by atoms with van der Waals surface area (Å²) in [5.74, 6) is 1.07. The molecule has 27 heavy (non-hydrogen) atoms. The van der Waals surface area contributed by atoms with Crippen molar-refractivity contribution >= 4 is 16.6 Å². The molecule has 0 amide bonds. The van der Waals surface area contributed by atoms with Crippen LogP contribution in [0.4, 0.5) is 5.69 Å². The third-order valence-corrected chi connectivity index (χ3v) is 5.28. The SMILES string of the molecule is C[C@@H]1C[C@@H](Nc2ccc3[nH]nc(-c4cnco4)c3c2)c2ccc(C#N)cc21. The molecule has 6 heteroatoms. The predicted molar refractivity (Wildman–Crippen MR) is 102 cm³/mol. The summed E-state index contributed by atoms with van der Waals surface area (Å²) in [6.07, 6.45) is 4.07. The number of hydrogen-bond donors (Lipinski definition) is 2. The van der Waals surface area contributed by atoms with Crippen LogP contribution in [0, 0.1) is 11.3 Å². The van der Waals surface area contributed by atoms with Gasteiger partial charge in [-0.2, -0.15) is 10.4 Å². The maximum atomic E-state index is 9.15. The number of oxazole rings is 1. The topological polar surface area (TPSA) is 90.5 Å². The van der Waals surface area contributed by atoms with Gasteiger partial charge in [0.05, 0.1) is 29.4 Å². The molecular weight excluding hydrogens is 338 g/mol. The zero-order valence-corrected chi connectivity index (χ0v) is 14.7. The Balaban J connectivity index is 1.50. The van der Waals surface area contributed by atoms with Gasteiger partial charge in [-0.05, 0) is 53.8 Å². The molecule has 1 aliphatic carbocycles. The van der Waals surface area contributed by atoms with E-state index in [0.29, 0.717) is 11.7 Å². The molecule has 132 valence electrons. The summed E-state index contributed by atoms with van der Waals surface area (Å²) in [4.78, 5) is 3.98. The van der Waals surface area contributed by atoms with E-state index in [2.05, 4.69) is 51.7 Å². The van der Waals surface area contributed by atoms with E-state index < -0.39 is 0 Å². The van der Waals surface area contributed by atoms with E-state index in [1.54, 1.807) is 6.20 Å². The number of nitrogens with zero attached hydrogens (tertiary/aromatic N) is 3. The van der Waals surface area contributed by atoms with Crippen LogP contribution in [0.5, 0.6) is 0 Å². The molecule has 2 aromatic heterocycles. The van der Waals surface area contributed by atoms with Crippen molar-refractivity contribution in [3.8, 4) is 17.5 Å². The Bertz CT molecular complexity index is 1170. The summed E-state index contributed by atoms with van der Waals surface area (Å²) in [5, 5.41) is 21.2. The number of anilines is 1. The standard InChI is InChI=1S/C21H17N5O/c1-12-6-19(15-4-2-13(9-22)7-16(12)15)24-14-3-5-18-17(8-14)21(26-25-18)20-10-23-11-27-20/h2-5,7-8,10-12,19,24H,6H2,1H3,(H,25,26)/t12-,19-/m1/s1. The van der Waals surface area contributed by atoms with Gasteiger partial charge in [-0.25, -0.2) is 4.98 Å². The molecule has 0 bridgehead atoms. The highest BCUT2D eigenvalue weighted by atomic mass is 16.3. The summed E-state index contributed by atoms with van der Waals surface area (Å²) in [5.41, 5.74) is 5.98. The number of nitrogens with one attached hydrogen (secondary N) is 2. The maximum Gasteiger partial charge on any atom is 0.181 e. The van der Waals surface area contributed by atoms with Gasteiger partial charge in [0.1, 0.15) is 5.69 Å². The van der Waals surface area contributed by atoms with Crippen molar-refractivity contribution in [3.05, 3.63) is 65.7 Å². The number of aromatic nitrogens is 3. The van der Waals surface area contributed by atoms with Crippen LogP contribution in [-0.2, 0) is 0 Å². The third-order valence-electron chi connectivity index (χ3n) is 5.28. The Hall–Kier alpha value is -3.59. The highest BCUT2D eigenvalue weighted by Gasteiger charge is 2.28. The number of aromatic amines is 1. The van der Waals surface area contributed by atoms with Gasteiger partial charge in [0.15, 0.2) is 12.2 Å². The fraction of sp³-hybridized carbons (Fsp3) is 0.190. The molecule has 2 atom stereocenters. The van der Waals surface area contributed by atoms with E-state index in [1.165, 1.54) is 17.5 Å². The van der Waals surface area contributed by atoms with Crippen LogP contribution in [0.3, 0.4) is 0 Å². The molecule has 0 aliphatic heterocycles. The van der Waals surface area contributed by atoms with Crippen molar-refractivity contribution in [1.29, 1.82) is 5.26 Å². The van der Waals surface area contributed by atoms with Gasteiger partial charge in [0, 0.05) is 11.1 Å². The van der Waals surface area contributed by atoms with Gasteiger partial charge in [0.2, 0.25) is 0 Å². The number of fused-ring (bicyclic) bond motifs is 2. The smallest absolute Gasteiger partial charge is 0.181 e. The van der Waals surface area contributed by atoms with Crippen molar-refractivity contribution in [1.82, 2.24) is 15.2 Å². The minimum absolute atomic E-state index is 0.223. The molecule has 4 aromatic rings. The number of nitriles is 1. The monoisotopic (exact) mass is 355 g/mol. The van der Waals surface area contributed by atoms with Gasteiger partial charge in [0.25, 0.3) is 0 Å². The lowest BCUT2D eigenvalue weighted by atomic mass is 10.0. The Labute approximate surface area is 155 Å². The van der Waals surface area contributed by atoms with E-state index in [4.69, 9.17) is 9.68 Å². The van der Waals surface area contributed by atoms with Crippen LogP contribution in [0.1, 0.15) is 42.0 Å². The normalized spacial score (nSPS) is 18.4. The molecule has 5 rings (SSSR count). The molecule has 2 N–H and O–H groups in total. The summed E-state index contributed by atoms with van der Waals surface area (Å²) < 4.78 is 5.40. The van der Waals surface area contributed by atoms with Crippen molar-refractivity contribution in [2.24, 2.45) is 0 Å². The number of benzene rings is 2. The van der Waals surface area contributed by atoms with E-state index in [0.717, 1.165) is 34.3 Å². The van der Waals surface area contributed by atoms with Crippen LogP contribution < -0.4 is 5.32 Å². The first-order valence-corrected chi connectivity index (χ1v) is 8.90. The number of H-pyrrole nitrogens is 1. The fourth-order valence-corrected chi connectivity index (χ4v) is 3.96. The van der Waals surface area contributed by atoms with E-state index in [9.17, 15) is 0 Å². The third kappa shape index (κ3) is 2.56. The minimum atomic E-state index is 0.223. The van der Waals surface area contributed by atoms with Gasteiger partial charge >= 0.3 is 0 Å². The predicted octanol–water partition coefficient (Wildman–Crippen LogP) is 4.75. The van der Waals surface area contributed by atoms with Gasteiger partial charge in [-0.1, -0.05) is 13.0 Å². The molecule has 0 unspecified atom stereocenters. The number of hydrogen-bond acceptors (Lipinski definition) is 5. The molecule has 0 saturated carbocycles. The Morgan fingerprint density at radius 3 is 2.96 bits per heavy atom. The molecule has 0 spiro atoms. The van der Waals surface area contributed by atoms with Crippen LogP contribution >= 0.6 is 0 Å². The van der Waals surface area contributed by atoms with E-state index in [-0.39, 0.29) is 6.04 Å². The summed E-state index contributed by atoms with van der Waals surface area (Å²) >= 11 is 0. The fourth-order valence-electron chi connectivity index (χ4n) is 3.96. The van der Waals surface area contributed by atoms with Gasteiger partial charge < -0.3 is 9.73 Å². The van der Waals surface area contributed by atoms with Crippen LogP contribution in [0.15, 0.2) is 53.4 Å². The zero-order valence-electron chi connectivity index (χ0n) is 14.7. The second-order valence-corrected chi connectivity index (χ2v) is 6.99. The minimum Gasteiger partial charge on any atom is -0.442 e. The van der Waals surface area contributed by atoms with E-state index >= 15 is 0 Å². The Kier molecular flexibility index (Phi) is 3.47. The summed E-state index contributed by atoms with van der Waals surface area (Å²) in [7, 11) is 0.